The number of rotatable bonds is 7. The van der Waals surface area contributed by atoms with E-state index in [1.165, 1.54) is 11.1 Å². The summed E-state index contributed by atoms with van der Waals surface area (Å²) in [5, 5.41) is 3.90. The second kappa shape index (κ2) is 9.92. The van der Waals surface area contributed by atoms with Gasteiger partial charge in [0.15, 0.2) is 0 Å². The molecular formula is C24H29Cl2N3O3S. The Kier molecular flexibility index (Phi) is 7.36. The molecule has 1 aliphatic heterocycles. The lowest BCUT2D eigenvalue weighted by atomic mass is 9.88. The number of carbonyl (C=O) groups excluding carboxylic acids is 1. The lowest BCUT2D eigenvalue weighted by Crippen LogP contribution is -2.59. The van der Waals surface area contributed by atoms with E-state index in [1.54, 1.807) is 22.5 Å². The van der Waals surface area contributed by atoms with Crippen molar-refractivity contribution in [1.29, 1.82) is 0 Å². The van der Waals surface area contributed by atoms with E-state index < -0.39 is 10.0 Å². The fraction of sp³-hybridized carbons (Fsp3) is 0.458. The SMILES string of the molecule is CCCS(=O)(=O)N1CCN(C2(CNC(=O)c3ccc(Cl)cc3Cl)CCc3ccccc32)CC1. The predicted molar refractivity (Wildman–Crippen MR) is 132 cm³/mol. The van der Waals surface area contributed by atoms with Gasteiger partial charge in [-0.25, -0.2) is 8.42 Å². The number of hydrogen-bond donors (Lipinski definition) is 1. The third kappa shape index (κ3) is 4.93. The van der Waals surface area contributed by atoms with E-state index in [0.717, 1.165) is 12.8 Å². The number of benzene rings is 2. The zero-order chi connectivity index (χ0) is 23.6. The molecule has 1 N–H and O–H groups in total. The van der Waals surface area contributed by atoms with Gasteiger partial charge in [0, 0.05) is 37.7 Å². The zero-order valence-electron chi connectivity index (χ0n) is 18.7. The number of aryl methyl sites for hydroxylation is 1. The average Bonchev–Trinajstić information content (AvgIpc) is 3.17. The smallest absolute Gasteiger partial charge is 0.252 e. The van der Waals surface area contributed by atoms with Gasteiger partial charge in [-0.2, -0.15) is 4.31 Å². The number of halogens is 2. The van der Waals surface area contributed by atoms with Crippen LogP contribution in [0.25, 0.3) is 0 Å². The Balaban J connectivity index is 1.56. The van der Waals surface area contributed by atoms with Crippen molar-refractivity contribution in [3.63, 3.8) is 0 Å². The molecule has 0 radical (unpaired) electrons. The van der Waals surface area contributed by atoms with Crippen LogP contribution < -0.4 is 5.32 Å². The summed E-state index contributed by atoms with van der Waals surface area (Å²) >= 11 is 12.2. The first-order chi connectivity index (χ1) is 15.8. The van der Waals surface area contributed by atoms with Crippen LogP contribution in [0.1, 0.15) is 41.3 Å². The molecule has 0 bridgehead atoms. The van der Waals surface area contributed by atoms with E-state index in [4.69, 9.17) is 23.2 Å². The minimum Gasteiger partial charge on any atom is -0.350 e. The van der Waals surface area contributed by atoms with E-state index >= 15 is 0 Å². The minimum atomic E-state index is -3.22. The Hall–Kier alpha value is -1.64. The van der Waals surface area contributed by atoms with Crippen molar-refractivity contribution in [2.45, 2.75) is 31.7 Å². The number of carbonyl (C=O) groups is 1. The van der Waals surface area contributed by atoms with Crippen LogP contribution in [-0.4, -0.2) is 62.0 Å². The number of hydrogen-bond acceptors (Lipinski definition) is 4. The highest BCUT2D eigenvalue weighted by Crippen LogP contribution is 2.42. The molecule has 1 unspecified atom stereocenters. The second-order valence-electron chi connectivity index (χ2n) is 8.70. The molecule has 1 amide bonds. The summed E-state index contributed by atoms with van der Waals surface area (Å²) < 4.78 is 26.7. The van der Waals surface area contributed by atoms with Gasteiger partial charge in [0.2, 0.25) is 10.0 Å². The quantitative estimate of drug-likeness (QED) is 0.613. The zero-order valence-corrected chi connectivity index (χ0v) is 21.0. The average molecular weight is 510 g/mol. The summed E-state index contributed by atoms with van der Waals surface area (Å²) in [4.78, 5) is 15.3. The van der Waals surface area contributed by atoms with Gasteiger partial charge in [0.05, 0.1) is 21.9 Å². The molecule has 178 valence electrons. The highest BCUT2D eigenvalue weighted by molar-refractivity contribution is 7.89. The fourth-order valence-corrected chi connectivity index (χ4v) is 7.06. The first kappa shape index (κ1) is 24.5. The summed E-state index contributed by atoms with van der Waals surface area (Å²) in [5.41, 5.74) is 2.49. The minimum absolute atomic E-state index is 0.179. The Bertz CT molecular complexity index is 1130. The van der Waals surface area contributed by atoms with E-state index in [0.29, 0.717) is 54.8 Å². The number of fused-ring (bicyclic) bond motifs is 1. The first-order valence-corrected chi connectivity index (χ1v) is 13.7. The number of nitrogens with one attached hydrogen (secondary N) is 1. The van der Waals surface area contributed by atoms with E-state index in [2.05, 4.69) is 22.3 Å². The van der Waals surface area contributed by atoms with E-state index in [1.807, 2.05) is 19.1 Å². The van der Waals surface area contributed by atoms with Crippen molar-refractivity contribution in [2.75, 3.05) is 38.5 Å². The van der Waals surface area contributed by atoms with Gasteiger partial charge < -0.3 is 5.32 Å². The molecule has 6 nitrogen and oxygen atoms in total. The van der Waals surface area contributed by atoms with Crippen molar-refractivity contribution < 1.29 is 13.2 Å². The normalized spacial score (nSPS) is 21.7. The molecule has 1 aliphatic carbocycles. The van der Waals surface area contributed by atoms with Gasteiger partial charge in [-0.15, -0.1) is 0 Å². The number of piperazine rings is 1. The molecular weight excluding hydrogens is 481 g/mol. The maximum Gasteiger partial charge on any atom is 0.252 e. The molecule has 1 saturated heterocycles. The van der Waals surface area contributed by atoms with Gasteiger partial charge >= 0.3 is 0 Å². The monoisotopic (exact) mass is 509 g/mol. The summed E-state index contributed by atoms with van der Waals surface area (Å²) in [6.45, 7) is 4.47. The van der Waals surface area contributed by atoms with Crippen molar-refractivity contribution in [3.8, 4) is 0 Å². The summed E-state index contributed by atoms with van der Waals surface area (Å²) in [5.74, 6) is -0.0663. The van der Waals surface area contributed by atoms with Crippen LogP contribution in [0.4, 0.5) is 0 Å². The molecule has 0 spiro atoms. The molecule has 1 atom stereocenters. The Morgan fingerprint density at radius 3 is 2.52 bits per heavy atom. The number of nitrogens with zero attached hydrogens (tertiary/aromatic N) is 2. The maximum absolute atomic E-state index is 13.0. The summed E-state index contributed by atoms with van der Waals surface area (Å²) in [7, 11) is -3.22. The highest BCUT2D eigenvalue weighted by Gasteiger charge is 2.45. The van der Waals surface area contributed by atoms with E-state index in [-0.39, 0.29) is 17.2 Å². The molecule has 1 heterocycles. The van der Waals surface area contributed by atoms with Crippen LogP contribution in [0.15, 0.2) is 42.5 Å². The predicted octanol–water partition coefficient (Wildman–Crippen LogP) is 3.92. The lowest BCUT2D eigenvalue weighted by molar-refractivity contribution is 0.0486. The van der Waals surface area contributed by atoms with Crippen LogP contribution in [0, 0.1) is 0 Å². The Labute approximate surface area is 205 Å². The summed E-state index contributed by atoms with van der Waals surface area (Å²) in [6.07, 6.45) is 2.39. The molecule has 9 heteroatoms. The molecule has 2 aromatic carbocycles. The fourth-order valence-electron chi connectivity index (χ4n) is 5.07. The Morgan fingerprint density at radius 1 is 1.09 bits per heavy atom. The molecule has 2 aliphatic rings. The van der Waals surface area contributed by atoms with Crippen molar-refractivity contribution in [3.05, 3.63) is 69.2 Å². The van der Waals surface area contributed by atoms with E-state index in [9.17, 15) is 13.2 Å². The second-order valence-corrected chi connectivity index (χ2v) is 11.6. The molecule has 0 aromatic heterocycles. The maximum atomic E-state index is 13.0. The van der Waals surface area contributed by atoms with Crippen LogP contribution in [0.2, 0.25) is 10.0 Å². The standard InChI is InChI=1S/C24H29Cl2N3O3S/c1-2-15-33(31,32)29-13-11-28(12-14-29)24(10-9-18-5-3-4-6-21(18)24)17-27-23(30)20-8-7-19(25)16-22(20)26/h3-8,16H,2,9-15,17H2,1H3,(H,27,30). The van der Waals surface area contributed by atoms with Gasteiger partial charge in [-0.1, -0.05) is 54.4 Å². The van der Waals surface area contributed by atoms with Crippen LogP contribution in [-0.2, 0) is 22.0 Å². The Morgan fingerprint density at radius 2 is 1.82 bits per heavy atom. The largest absolute Gasteiger partial charge is 0.350 e. The van der Waals surface area contributed by atoms with Crippen molar-refractivity contribution in [1.82, 2.24) is 14.5 Å². The summed E-state index contributed by atoms with van der Waals surface area (Å²) in [6, 6.07) is 13.2. The molecule has 1 fully saturated rings. The van der Waals surface area contributed by atoms with Crippen LogP contribution in [0.3, 0.4) is 0 Å². The van der Waals surface area contributed by atoms with Gasteiger partial charge in [0.1, 0.15) is 0 Å². The highest BCUT2D eigenvalue weighted by atomic mass is 35.5. The third-order valence-corrected chi connectivity index (χ3v) is 9.37. The molecule has 33 heavy (non-hydrogen) atoms. The lowest BCUT2D eigenvalue weighted by Gasteiger charge is -2.46. The number of sulfonamides is 1. The van der Waals surface area contributed by atoms with Crippen LogP contribution >= 0.6 is 23.2 Å². The number of amides is 1. The molecule has 0 saturated carbocycles. The van der Waals surface area contributed by atoms with Crippen molar-refractivity contribution in [2.24, 2.45) is 0 Å². The molecule has 4 rings (SSSR count). The first-order valence-electron chi connectivity index (χ1n) is 11.3. The molecule has 2 aromatic rings. The van der Waals surface area contributed by atoms with Gasteiger partial charge in [-0.05, 0) is 48.6 Å². The topological polar surface area (TPSA) is 69.7 Å². The third-order valence-electron chi connectivity index (χ3n) is 6.74. The van der Waals surface area contributed by atoms with Gasteiger partial charge in [-0.3, -0.25) is 9.69 Å². The van der Waals surface area contributed by atoms with Gasteiger partial charge in [0.25, 0.3) is 5.91 Å². The van der Waals surface area contributed by atoms with Crippen LogP contribution in [0.5, 0.6) is 0 Å². The van der Waals surface area contributed by atoms with Crippen molar-refractivity contribution >= 4 is 39.1 Å².